The van der Waals surface area contributed by atoms with Crippen LogP contribution in [-0.2, 0) is 5.41 Å². The van der Waals surface area contributed by atoms with Crippen LogP contribution in [0.3, 0.4) is 0 Å². The molecule has 45 heavy (non-hydrogen) atoms. The van der Waals surface area contributed by atoms with E-state index in [9.17, 15) is 0 Å². The first kappa shape index (κ1) is 25.9. The molecule has 2 heteroatoms. The van der Waals surface area contributed by atoms with E-state index in [1.807, 2.05) is 12.1 Å². The van der Waals surface area contributed by atoms with Gasteiger partial charge in [0.15, 0.2) is 0 Å². The van der Waals surface area contributed by atoms with Crippen LogP contribution >= 0.6 is 0 Å². The van der Waals surface area contributed by atoms with Crippen LogP contribution in [-0.4, -0.2) is 0 Å². The van der Waals surface area contributed by atoms with Gasteiger partial charge in [-0.3, -0.25) is 0 Å². The summed E-state index contributed by atoms with van der Waals surface area (Å²) >= 11 is 0. The predicted octanol–water partition coefficient (Wildman–Crippen LogP) is 12.2. The molecular weight excluding hydrogens is 546 g/mol. The third-order valence-electron chi connectivity index (χ3n) is 9.65. The minimum atomic E-state index is -0.0427. The van der Waals surface area contributed by atoms with Gasteiger partial charge in [0.25, 0.3) is 0 Å². The van der Waals surface area contributed by atoms with Crippen molar-refractivity contribution < 1.29 is 4.42 Å². The molecule has 0 bridgehead atoms. The zero-order valence-corrected chi connectivity index (χ0v) is 25.3. The molecule has 0 N–H and O–H groups in total. The van der Waals surface area contributed by atoms with Crippen molar-refractivity contribution in [1.82, 2.24) is 0 Å². The van der Waals surface area contributed by atoms with Crippen molar-refractivity contribution >= 4 is 49.8 Å². The Morgan fingerprint density at radius 1 is 0.489 bits per heavy atom. The predicted molar refractivity (Wildman–Crippen MR) is 189 cm³/mol. The highest BCUT2D eigenvalue weighted by molar-refractivity contribution is 6.19. The third kappa shape index (κ3) is 3.89. The fraction of sp³-hybridized carbons (Fsp3) is 0.0698. The van der Waals surface area contributed by atoms with Gasteiger partial charge >= 0.3 is 0 Å². The van der Waals surface area contributed by atoms with Crippen LogP contribution in [0.1, 0.15) is 25.0 Å². The first-order chi connectivity index (χ1) is 22.1. The number of benzene rings is 7. The molecule has 214 valence electrons. The van der Waals surface area contributed by atoms with Gasteiger partial charge in [-0.05, 0) is 81.1 Å². The number of fused-ring (bicyclic) bond motifs is 8. The van der Waals surface area contributed by atoms with Crippen molar-refractivity contribution in [3.05, 3.63) is 163 Å². The number of hydrogen-bond acceptors (Lipinski definition) is 2. The maximum Gasteiger partial charge on any atom is 0.136 e. The van der Waals surface area contributed by atoms with E-state index in [1.165, 1.54) is 49.5 Å². The first-order valence-electron chi connectivity index (χ1n) is 15.6. The van der Waals surface area contributed by atoms with Crippen LogP contribution in [0.15, 0.2) is 156 Å². The van der Waals surface area contributed by atoms with E-state index in [1.54, 1.807) is 0 Å². The van der Waals surface area contributed by atoms with Crippen LogP contribution in [0.4, 0.5) is 17.1 Å². The molecule has 0 fully saturated rings. The number of para-hydroxylation sites is 2. The van der Waals surface area contributed by atoms with Crippen molar-refractivity contribution in [2.75, 3.05) is 4.90 Å². The van der Waals surface area contributed by atoms with E-state index < -0.39 is 0 Å². The lowest BCUT2D eigenvalue weighted by Gasteiger charge is -2.29. The topological polar surface area (TPSA) is 16.4 Å². The molecule has 8 aromatic rings. The Balaban J connectivity index is 1.30. The summed E-state index contributed by atoms with van der Waals surface area (Å²) in [5.74, 6) is 0. The van der Waals surface area contributed by atoms with Gasteiger partial charge < -0.3 is 9.32 Å². The zero-order chi connectivity index (χ0) is 30.1. The maximum absolute atomic E-state index is 6.22. The lowest BCUT2D eigenvalue weighted by atomic mass is 9.82. The van der Waals surface area contributed by atoms with Crippen molar-refractivity contribution in [1.29, 1.82) is 0 Å². The van der Waals surface area contributed by atoms with Gasteiger partial charge in [0, 0.05) is 33.1 Å². The Morgan fingerprint density at radius 3 is 2.07 bits per heavy atom. The smallest absolute Gasteiger partial charge is 0.136 e. The fourth-order valence-electron chi connectivity index (χ4n) is 7.48. The second-order valence-corrected chi connectivity index (χ2v) is 12.6. The van der Waals surface area contributed by atoms with Crippen LogP contribution < -0.4 is 4.90 Å². The van der Waals surface area contributed by atoms with Gasteiger partial charge in [-0.15, -0.1) is 0 Å². The van der Waals surface area contributed by atoms with Crippen molar-refractivity contribution in [2.24, 2.45) is 0 Å². The lowest BCUT2D eigenvalue weighted by Crippen LogP contribution is -2.15. The van der Waals surface area contributed by atoms with Gasteiger partial charge in [0.05, 0.1) is 5.69 Å². The Kier molecular flexibility index (Phi) is 5.58. The monoisotopic (exact) mass is 577 g/mol. The van der Waals surface area contributed by atoms with Gasteiger partial charge in [-0.1, -0.05) is 123 Å². The van der Waals surface area contributed by atoms with E-state index in [4.69, 9.17) is 4.42 Å². The summed E-state index contributed by atoms with van der Waals surface area (Å²) in [5.41, 5.74) is 13.0. The number of hydrogen-bond donors (Lipinski definition) is 0. The van der Waals surface area contributed by atoms with E-state index in [0.717, 1.165) is 33.6 Å². The standard InChI is InChI=1S/C43H31NO/c1-43(2)37-17-9-6-15-34(37)36-27-31(22-24-38(36)43)44(39-18-10-7-14-32(39)28-12-4-3-5-13-28)30-21-23-33-29(26-30)20-25-41-42(33)35-16-8-11-19-40(35)45-41/h3-27H,1-2H3. The number of nitrogens with zero attached hydrogens (tertiary/aromatic N) is 1. The quantitative estimate of drug-likeness (QED) is 0.207. The summed E-state index contributed by atoms with van der Waals surface area (Å²) in [7, 11) is 0. The first-order valence-corrected chi connectivity index (χ1v) is 15.6. The summed E-state index contributed by atoms with van der Waals surface area (Å²) in [6.07, 6.45) is 0. The molecule has 0 saturated carbocycles. The number of anilines is 3. The molecule has 0 radical (unpaired) electrons. The molecule has 1 aliphatic rings. The van der Waals surface area contributed by atoms with Gasteiger partial charge in [0.2, 0.25) is 0 Å². The molecule has 1 aromatic heterocycles. The normalized spacial score (nSPS) is 13.3. The second-order valence-electron chi connectivity index (χ2n) is 12.6. The zero-order valence-electron chi connectivity index (χ0n) is 25.3. The molecule has 1 aliphatic carbocycles. The van der Waals surface area contributed by atoms with Crippen LogP contribution in [0.2, 0.25) is 0 Å². The van der Waals surface area contributed by atoms with Crippen LogP contribution in [0.5, 0.6) is 0 Å². The minimum Gasteiger partial charge on any atom is -0.456 e. The van der Waals surface area contributed by atoms with Gasteiger partial charge in [0.1, 0.15) is 11.2 Å². The van der Waals surface area contributed by atoms with E-state index in [2.05, 4.69) is 158 Å². The molecule has 0 saturated heterocycles. The molecule has 1 heterocycles. The van der Waals surface area contributed by atoms with E-state index in [-0.39, 0.29) is 5.41 Å². The van der Waals surface area contributed by atoms with Crippen molar-refractivity contribution in [3.8, 4) is 22.3 Å². The third-order valence-corrected chi connectivity index (χ3v) is 9.65. The Morgan fingerprint density at radius 2 is 1.18 bits per heavy atom. The molecule has 0 atom stereocenters. The Hall–Kier alpha value is -5.60. The summed E-state index contributed by atoms with van der Waals surface area (Å²) in [5, 5.41) is 4.70. The summed E-state index contributed by atoms with van der Waals surface area (Å²) in [6.45, 7) is 4.67. The highest BCUT2D eigenvalue weighted by atomic mass is 16.3. The highest BCUT2D eigenvalue weighted by Gasteiger charge is 2.35. The molecule has 2 nitrogen and oxygen atoms in total. The molecule has 0 amide bonds. The van der Waals surface area contributed by atoms with E-state index in [0.29, 0.717) is 0 Å². The highest BCUT2D eigenvalue weighted by Crippen LogP contribution is 2.51. The van der Waals surface area contributed by atoms with Gasteiger partial charge in [-0.2, -0.15) is 0 Å². The Bertz CT molecular complexity index is 2410. The fourth-order valence-corrected chi connectivity index (χ4v) is 7.48. The minimum absolute atomic E-state index is 0.0427. The lowest BCUT2D eigenvalue weighted by molar-refractivity contribution is 0.660. The van der Waals surface area contributed by atoms with E-state index >= 15 is 0 Å². The molecule has 9 rings (SSSR count). The van der Waals surface area contributed by atoms with Crippen LogP contribution in [0, 0.1) is 0 Å². The van der Waals surface area contributed by atoms with Gasteiger partial charge in [-0.25, -0.2) is 0 Å². The molecule has 0 spiro atoms. The second kappa shape index (κ2) is 9.70. The molecule has 0 unspecified atom stereocenters. The summed E-state index contributed by atoms with van der Waals surface area (Å²) < 4.78 is 6.22. The average molecular weight is 578 g/mol. The molecule has 0 aliphatic heterocycles. The van der Waals surface area contributed by atoms with Crippen molar-refractivity contribution in [3.63, 3.8) is 0 Å². The summed E-state index contributed by atoms with van der Waals surface area (Å²) in [4.78, 5) is 2.42. The average Bonchev–Trinajstić information content (AvgIpc) is 3.58. The number of rotatable bonds is 4. The number of furan rings is 1. The maximum atomic E-state index is 6.22. The Labute approximate surface area is 262 Å². The SMILES string of the molecule is CC1(C)c2ccccc2-c2cc(N(c3ccc4c(ccc5oc6ccccc6c54)c3)c3ccccc3-c3ccccc3)ccc21. The molecule has 7 aromatic carbocycles. The molecular formula is C43H31NO. The van der Waals surface area contributed by atoms with Crippen molar-refractivity contribution in [2.45, 2.75) is 19.3 Å². The van der Waals surface area contributed by atoms with Crippen LogP contribution in [0.25, 0.3) is 55.0 Å². The summed E-state index contributed by atoms with van der Waals surface area (Å²) in [6, 6.07) is 54.8. The largest absolute Gasteiger partial charge is 0.456 e.